The van der Waals surface area contributed by atoms with Crippen molar-refractivity contribution < 1.29 is 31.1 Å². The highest BCUT2D eigenvalue weighted by molar-refractivity contribution is 7.92. The van der Waals surface area contributed by atoms with Crippen molar-refractivity contribution in [3.63, 3.8) is 0 Å². The van der Waals surface area contributed by atoms with Crippen LogP contribution in [0.25, 0.3) is 0 Å². The summed E-state index contributed by atoms with van der Waals surface area (Å²) in [6, 6.07) is 10.9. The topological polar surface area (TPSA) is 119 Å². The molecule has 1 aliphatic carbocycles. The second-order valence-electron chi connectivity index (χ2n) is 14.0. The van der Waals surface area contributed by atoms with E-state index in [9.17, 15) is 21.6 Å². The highest BCUT2D eigenvalue weighted by atomic mass is 35.5. The van der Waals surface area contributed by atoms with Crippen LogP contribution in [0.1, 0.15) is 81.3 Å². The maximum atomic E-state index is 13.5. The number of nitrogens with zero attached hydrogens (tertiary/aromatic N) is 1. The van der Waals surface area contributed by atoms with Crippen LogP contribution in [0.4, 0.5) is 5.69 Å². The summed E-state index contributed by atoms with van der Waals surface area (Å²) in [5.74, 6) is -0.606. The summed E-state index contributed by atoms with van der Waals surface area (Å²) in [4.78, 5) is 15.7. The molecule has 2 aromatic carbocycles. The zero-order valence-electron chi connectivity index (χ0n) is 28.6. The number of hydrogen-bond donors (Lipinski definition) is 1. The lowest BCUT2D eigenvalue weighted by Crippen LogP contribution is -2.55. The van der Waals surface area contributed by atoms with Gasteiger partial charge in [0.15, 0.2) is 9.84 Å². The second kappa shape index (κ2) is 14.7. The largest absolute Gasteiger partial charge is 0.487 e. The third kappa shape index (κ3) is 7.90. The third-order valence-corrected chi connectivity index (χ3v) is 15.1. The first-order chi connectivity index (χ1) is 22.7. The van der Waals surface area contributed by atoms with Crippen molar-refractivity contribution in [2.24, 2.45) is 17.8 Å². The Labute approximate surface area is 291 Å². The minimum Gasteiger partial charge on any atom is -0.487 e. The van der Waals surface area contributed by atoms with Gasteiger partial charge in [-0.05, 0) is 119 Å². The van der Waals surface area contributed by atoms with Gasteiger partial charge in [-0.3, -0.25) is 4.79 Å². The van der Waals surface area contributed by atoms with E-state index >= 15 is 0 Å². The second-order valence-corrected chi connectivity index (χ2v) is 19.1. The summed E-state index contributed by atoms with van der Waals surface area (Å²) in [5.41, 5.74) is 2.01. The number of rotatable bonds is 4. The number of aryl methyl sites for hydroxylation is 1. The van der Waals surface area contributed by atoms with Crippen molar-refractivity contribution in [3.8, 4) is 5.75 Å². The lowest BCUT2D eigenvalue weighted by atomic mass is 9.64. The molecular weight excluding hydrogens is 672 g/mol. The Balaban J connectivity index is 1.61. The lowest BCUT2D eigenvalue weighted by Gasteiger charge is -2.50. The fourth-order valence-corrected chi connectivity index (χ4v) is 9.96. The van der Waals surface area contributed by atoms with E-state index in [1.807, 2.05) is 37.3 Å². The molecule has 2 heterocycles. The minimum absolute atomic E-state index is 0.0860. The molecule has 9 nitrogen and oxygen atoms in total. The monoisotopic (exact) mass is 720 g/mol. The van der Waals surface area contributed by atoms with E-state index in [2.05, 4.69) is 9.62 Å². The number of carbonyl (C=O) groups is 1. The number of amides is 1. The van der Waals surface area contributed by atoms with Gasteiger partial charge in [0.25, 0.3) is 5.91 Å². The SMILES string of the molecule is CO[C@]1(CS(=O)(=O)C(C)C)/C=C/C[C@H](C)[C@@H](C)S(=O)(=O)NC(=O)c2ccc3c(c2)N(CCCCc2cc(Cl)ccc2CO3)C[C@@H]2CC[C@H]21. The molecular formula is C36H49ClN2O7S2. The molecule has 2 aliphatic heterocycles. The molecule has 12 heteroatoms. The van der Waals surface area contributed by atoms with Crippen molar-refractivity contribution in [1.82, 2.24) is 4.72 Å². The Morgan fingerprint density at radius 3 is 2.56 bits per heavy atom. The van der Waals surface area contributed by atoms with E-state index < -0.39 is 41.9 Å². The van der Waals surface area contributed by atoms with Crippen LogP contribution in [0.5, 0.6) is 5.75 Å². The molecule has 5 atom stereocenters. The van der Waals surface area contributed by atoms with Gasteiger partial charge in [0, 0.05) is 30.8 Å². The maximum absolute atomic E-state index is 13.5. The van der Waals surface area contributed by atoms with E-state index in [-0.39, 0.29) is 29.1 Å². The molecule has 2 aromatic rings. The zero-order chi connectivity index (χ0) is 34.9. The number of sulfone groups is 1. The Morgan fingerprint density at radius 2 is 1.88 bits per heavy atom. The van der Waals surface area contributed by atoms with Gasteiger partial charge >= 0.3 is 0 Å². The van der Waals surface area contributed by atoms with Gasteiger partial charge in [-0.2, -0.15) is 0 Å². The standard InChI is InChI=1S/C36H49ClN2O7S2/c1-24(2)47(41,42)23-36(45-5)17-8-9-25(3)26(4)48(43,44)38-35(40)28-13-16-34-33(20-28)39(21-29-12-15-32(29)36)18-7-6-10-27-19-31(37)14-11-30(27)22-46-34/h8,11,13-14,16-17,19-20,24-26,29,32H,6-7,9-10,12,15,18,21-23H2,1-5H3,(H,38,40)/b17-8+/t25-,26+,29-,32+,36-/m0/s1. The molecule has 0 spiro atoms. The summed E-state index contributed by atoms with van der Waals surface area (Å²) in [6.45, 7) is 8.34. The highest BCUT2D eigenvalue weighted by Gasteiger charge is 2.50. The molecule has 48 heavy (non-hydrogen) atoms. The van der Waals surface area contributed by atoms with Crippen molar-refractivity contribution in [1.29, 1.82) is 0 Å². The number of nitrogens with one attached hydrogen (secondary N) is 1. The lowest BCUT2D eigenvalue weighted by molar-refractivity contribution is -0.0596. The van der Waals surface area contributed by atoms with Crippen LogP contribution in [-0.2, 0) is 37.6 Å². The summed E-state index contributed by atoms with van der Waals surface area (Å²) in [7, 11) is -5.96. The van der Waals surface area contributed by atoms with Gasteiger partial charge in [0.1, 0.15) is 18.0 Å². The molecule has 1 amide bonds. The molecule has 0 saturated heterocycles. The predicted molar refractivity (Wildman–Crippen MR) is 191 cm³/mol. The van der Waals surface area contributed by atoms with Crippen LogP contribution in [0.3, 0.4) is 0 Å². The molecule has 3 aliphatic rings. The van der Waals surface area contributed by atoms with Crippen LogP contribution in [0.15, 0.2) is 48.6 Å². The number of hydrogen-bond acceptors (Lipinski definition) is 8. The van der Waals surface area contributed by atoms with Crippen molar-refractivity contribution in [3.05, 3.63) is 70.3 Å². The average Bonchev–Trinajstić information content (AvgIpc) is 3.04. The Morgan fingerprint density at radius 1 is 1.10 bits per heavy atom. The van der Waals surface area contributed by atoms with Crippen LogP contribution >= 0.6 is 11.6 Å². The normalized spacial score (nSPS) is 28.9. The number of allylic oxidation sites excluding steroid dienone is 1. The van der Waals surface area contributed by atoms with Crippen molar-refractivity contribution >= 4 is 43.1 Å². The average molecular weight is 721 g/mol. The van der Waals surface area contributed by atoms with Gasteiger partial charge in [0.2, 0.25) is 10.0 Å². The summed E-state index contributed by atoms with van der Waals surface area (Å²) >= 11 is 6.34. The highest BCUT2D eigenvalue weighted by Crippen LogP contribution is 2.47. The van der Waals surface area contributed by atoms with E-state index in [0.717, 1.165) is 43.2 Å². The molecule has 0 aromatic heterocycles. The quantitative estimate of drug-likeness (QED) is 0.364. The van der Waals surface area contributed by atoms with Crippen molar-refractivity contribution in [2.75, 3.05) is 30.9 Å². The fourth-order valence-electron chi connectivity index (χ4n) is 7.09. The number of methoxy groups -OCH3 is 1. The molecule has 5 rings (SSSR count). The number of sulfonamides is 1. The van der Waals surface area contributed by atoms with E-state index in [4.69, 9.17) is 21.1 Å². The zero-order valence-corrected chi connectivity index (χ0v) is 31.0. The number of fused-ring (bicyclic) bond motifs is 3. The molecule has 0 unspecified atom stereocenters. The Kier molecular flexibility index (Phi) is 11.2. The summed E-state index contributed by atoms with van der Waals surface area (Å²) < 4.78 is 68.7. The first-order valence-corrected chi connectivity index (χ1v) is 20.6. The predicted octanol–water partition coefficient (Wildman–Crippen LogP) is 6.34. The van der Waals surface area contributed by atoms with E-state index in [1.54, 1.807) is 46.1 Å². The fraction of sp³-hybridized carbons (Fsp3) is 0.583. The van der Waals surface area contributed by atoms with Crippen LogP contribution in [0, 0.1) is 17.8 Å². The third-order valence-electron chi connectivity index (χ3n) is 10.7. The Hall–Kier alpha value is -2.60. The minimum atomic E-state index is -4.03. The van der Waals surface area contributed by atoms with Crippen LogP contribution < -0.4 is 14.4 Å². The van der Waals surface area contributed by atoms with Gasteiger partial charge in [0.05, 0.1) is 21.9 Å². The van der Waals surface area contributed by atoms with Crippen molar-refractivity contribution in [2.45, 2.75) is 88.9 Å². The molecule has 264 valence electrons. The first-order valence-electron chi connectivity index (χ1n) is 16.9. The smallest absolute Gasteiger partial charge is 0.264 e. The number of anilines is 1. The Bertz CT molecular complexity index is 1740. The van der Waals surface area contributed by atoms with Gasteiger partial charge < -0.3 is 14.4 Å². The summed E-state index contributed by atoms with van der Waals surface area (Å²) in [6.07, 6.45) is 8.39. The van der Waals surface area contributed by atoms with E-state index in [1.165, 1.54) is 0 Å². The molecule has 1 fully saturated rings. The van der Waals surface area contributed by atoms with Gasteiger partial charge in [-0.15, -0.1) is 0 Å². The summed E-state index contributed by atoms with van der Waals surface area (Å²) in [5, 5.41) is -0.785. The molecule has 0 radical (unpaired) electrons. The van der Waals surface area contributed by atoms with Crippen LogP contribution in [-0.4, -0.2) is 64.8 Å². The van der Waals surface area contributed by atoms with Crippen LogP contribution in [0.2, 0.25) is 5.02 Å². The van der Waals surface area contributed by atoms with E-state index in [0.29, 0.717) is 42.6 Å². The van der Waals surface area contributed by atoms with Gasteiger partial charge in [-0.1, -0.05) is 36.7 Å². The number of halogens is 1. The number of benzene rings is 2. The number of carbonyl (C=O) groups excluding carboxylic acids is 1. The molecule has 1 saturated carbocycles. The number of ether oxygens (including phenoxy) is 2. The maximum Gasteiger partial charge on any atom is 0.264 e. The first kappa shape index (κ1) is 36.7. The van der Waals surface area contributed by atoms with Gasteiger partial charge in [-0.25, -0.2) is 21.6 Å². The molecule has 2 bridgehead atoms. The molecule has 1 N–H and O–H groups in total.